The summed E-state index contributed by atoms with van der Waals surface area (Å²) >= 11 is 0. The van der Waals surface area contributed by atoms with E-state index in [4.69, 9.17) is 5.11 Å². The molecule has 0 bridgehead atoms. The predicted octanol–water partition coefficient (Wildman–Crippen LogP) is 2.51. The van der Waals surface area contributed by atoms with Crippen LogP contribution in [0.4, 0.5) is 0 Å². The molecule has 1 unspecified atom stereocenters. The molecule has 1 aliphatic heterocycles. The minimum atomic E-state index is -0.711. The van der Waals surface area contributed by atoms with Gasteiger partial charge in [-0.3, -0.25) is 4.79 Å². The van der Waals surface area contributed by atoms with E-state index in [1.807, 2.05) is 16.7 Å². The molecular formula is C15H16N2O2. The molecule has 1 aliphatic rings. The summed E-state index contributed by atoms with van der Waals surface area (Å²) < 4.78 is 1.99. The number of carbonyl (C=O) groups is 1. The molecule has 4 heteroatoms. The molecule has 3 rings (SSSR count). The number of aliphatic carboxylic acids is 1. The van der Waals surface area contributed by atoms with E-state index in [1.54, 1.807) is 6.33 Å². The van der Waals surface area contributed by atoms with Crippen LogP contribution in [0.15, 0.2) is 30.6 Å². The first-order chi connectivity index (χ1) is 9.16. The maximum Gasteiger partial charge on any atom is 0.308 e. The number of hydrogen-bond acceptors (Lipinski definition) is 2. The molecule has 2 heterocycles. The Balaban J connectivity index is 2.00. The highest BCUT2D eigenvalue weighted by atomic mass is 16.4. The molecule has 1 aromatic carbocycles. The van der Waals surface area contributed by atoms with Crippen molar-refractivity contribution in [3.8, 4) is 11.3 Å². The third-order valence-corrected chi connectivity index (χ3v) is 3.84. The van der Waals surface area contributed by atoms with Crippen LogP contribution in [0.1, 0.15) is 17.7 Å². The van der Waals surface area contributed by atoms with Crippen LogP contribution >= 0.6 is 0 Å². The summed E-state index contributed by atoms with van der Waals surface area (Å²) in [5.41, 5.74) is 4.50. The van der Waals surface area contributed by atoms with Gasteiger partial charge in [0.25, 0.3) is 0 Å². The summed E-state index contributed by atoms with van der Waals surface area (Å²) in [6.45, 7) is 2.60. The smallest absolute Gasteiger partial charge is 0.308 e. The summed E-state index contributed by atoms with van der Waals surface area (Å²) in [6, 6.07) is 8.17. The minimum Gasteiger partial charge on any atom is -0.481 e. The molecule has 0 aliphatic carbocycles. The van der Waals surface area contributed by atoms with Crippen molar-refractivity contribution in [3.05, 3.63) is 41.9 Å². The van der Waals surface area contributed by atoms with Gasteiger partial charge in [0.1, 0.15) is 0 Å². The van der Waals surface area contributed by atoms with Gasteiger partial charge in [-0.15, -0.1) is 0 Å². The first-order valence-electron chi connectivity index (χ1n) is 6.49. The number of benzene rings is 1. The topological polar surface area (TPSA) is 55.1 Å². The van der Waals surface area contributed by atoms with E-state index in [0.29, 0.717) is 13.0 Å². The number of aryl methyl sites for hydroxylation is 1. The first kappa shape index (κ1) is 12.0. The molecule has 0 saturated heterocycles. The molecule has 1 N–H and O–H groups in total. The highest BCUT2D eigenvalue weighted by molar-refractivity contribution is 5.71. The Morgan fingerprint density at radius 3 is 2.95 bits per heavy atom. The van der Waals surface area contributed by atoms with Crippen molar-refractivity contribution in [2.24, 2.45) is 5.92 Å². The highest BCUT2D eigenvalue weighted by Gasteiger charge is 2.26. The Labute approximate surface area is 111 Å². The number of carboxylic acids is 1. The van der Waals surface area contributed by atoms with Gasteiger partial charge in [0.15, 0.2) is 0 Å². The summed E-state index contributed by atoms with van der Waals surface area (Å²) in [5.74, 6) is -0.997. The molecule has 1 atom stereocenters. The van der Waals surface area contributed by atoms with E-state index in [9.17, 15) is 4.79 Å². The molecule has 4 nitrogen and oxygen atoms in total. The van der Waals surface area contributed by atoms with Crippen LogP contribution in [0.2, 0.25) is 0 Å². The van der Waals surface area contributed by atoms with Gasteiger partial charge in [0.2, 0.25) is 0 Å². The van der Waals surface area contributed by atoms with Crippen molar-refractivity contribution in [3.63, 3.8) is 0 Å². The molecular weight excluding hydrogens is 240 g/mol. The van der Waals surface area contributed by atoms with Crippen molar-refractivity contribution in [1.29, 1.82) is 0 Å². The number of fused-ring (bicyclic) bond motifs is 1. The number of carboxylic acid groups (broad SMARTS) is 1. The second-order valence-corrected chi connectivity index (χ2v) is 5.08. The largest absolute Gasteiger partial charge is 0.481 e. The second-order valence-electron chi connectivity index (χ2n) is 5.08. The molecule has 19 heavy (non-hydrogen) atoms. The third kappa shape index (κ3) is 2.03. The van der Waals surface area contributed by atoms with Crippen molar-refractivity contribution in [1.82, 2.24) is 9.55 Å². The van der Waals surface area contributed by atoms with Crippen LogP contribution in [0.25, 0.3) is 11.3 Å². The van der Waals surface area contributed by atoms with Crippen molar-refractivity contribution in [2.75, 3.05) is 0 Å². The van der Waals surface area contributed by atoms with Gasteiger partial charge in [-0.25, -0.2) is 4.98 Å². The van der Waals surface area contributed by atoms with Crippen LogP contribution in [0.3, 0.4) is 0 Å². The van der Waals surface area contributed by atoms with E-state index < -0.39 is 5.97 Å². The van der Waals surface area contributed by atoms with Gasteiger partial charge in [0.05, 0.1) is 17.9 Å². The van der Waals surface area contributed by atoms with Crippen LogP contribution in [-0.4, -0.2) is 20.6 Å². The Hall–Kier alpha value is -2.10. The Kier molecular flexibility index (Phi) is 2.85. The fraction of sp³-hybridized carbons (Fsp3) is 0.333. The van der Waals surface area contributed by atoms with Gasteiger partial charge < -0.3 is 9.67 Å². The Morgan fingerprint density at radius 1 is 1.42 bits per heavy atom. The summed E-state index contributed by atoms with van der Waals surface area (Å²) in [4.78, 5) is 15.6. The van der Waals surface area contributed by atoms with Crippen LogP contribution < -0.4 is 0 Å². The van der Waals surface area contributed by atoms with E-state index in [0.717, 1.165) is 23.4 Å². The summed E-state index contributed by atoms with van der Waals surface area (Å²) in [6.07, 6.45) is 3.24. The molecule has 0 amide bonds. The summed E-state index contributed by atoms with van der Waals surface area (Å²) in [7, 11) is 0. The van der Waals surface area contributed by atoms with E-state index in [2.05, 4.69) is 24.0 Å². The fourth-order valence-corrected chi connectivity index (χ4v) is 2.73. The lowest BCUT2D eigenvalue weighted by Gasteiger charge is -2.21. The highest BCUT2D eigenvalue weighted by Crippen LogP contribution is 2.30. The van der Waals surface area contributed by atoms with Crippen molar-refractivity contribution in [2.45, 2.75) is 26.3 Å². The normalized spacial score (nSPS) is 18.1. The van der Waals surface area contributed by atoms with Gasteiger partial charge in [-0.2, -0.15) is 0 Å². The molecule has 0 saturated carbocycles. The number of imidazole rings is 1. The zero-order valence-corrected chi connectivity index (χ0v) is 10.8. The van der Waals surface area contributed by atoms with Crippen LogP contribution in [0, 0.1) is 12.8 Å². The first-order valence-corrected chi connectivity index (χ1v) is 6.49. The van der Waals surface area contributed by atoms with E-state index >= 15 is 0 Å². The zero-order valence-electron chi connectivity index (χ0n) is 10.8. The molecule has 0 spiro atoms. The lowest BCUT2D eigenvalue weighted by Crippen LogP contribution is -2.26. The summed E-state index contributed by atoms with van der Waals surface area (Å²) in [5, 5.41) is 9.10. The maximum absolute atomic E-state index is 11.1. The standard InChI is InChI=1S/C15H16N2O2/c1-10-4-2-3-5-12(10)14-13-7-6-11(15(18)19)8-17(13)9-16-14/h2-5,9,11H,6-8H2,1H3,(H,18,19). The van der Waals surface area contributed by atoms with Crippen molar-refractivity contribution < 1.29 is 9.90 Å². The molecule has 0 fully saturated rings. The molecule has 0 radical (unpaired) electrons. The van der Waals surface area contributed by atoms with E-state index in [-0.39, 0.29) is 5.92 Å². The van der Waals surface area contributed by atoms with Gasteiger partial charge in [0, 0.05) is 17.8 Å². The van der Waals surface area contributed by atoms with Gasteiger partial charge in [-0.05, 0) is 25.3 Å². The number of aromatic nitrogens is 2. The molecule has 1 aromatic heterocycles. The van der Waals surface area contributed by atoms with Gasteiger partial charge >= 0.3 is 5.97 Å². The molecule has 98 valence electrons. The van der Waals surface area contributed by atoms with Crippen molar-refractivity contribution >= 4 is 5.97 Å². The Bertz CT molecular complexity index is 631. The third-order valence-electron chi connectivity index (χ3n) is 3.84. The fourth-order valence-electron chi connectivity index (χ4n) is 2.73. The number of nitrogens with zero attached hydrogens (tertiary/aromatic N) is 2. The monoisotopic (exact) mass is 256 g/mol. The second kappa shape index (κ2) is 4.53. The maximum atomic E-state index is 11.1. The number of hydrogen-bond donors (Lipinski definition) is 1. The van der Waals surface area contributed by atoms with E-state index in [1.165, 1.54) is 5.56 Å². The zero-order chi connectivity index (χ0) is 13.4. The Morgan fingerprint density at radius 2 is 2.21 bits per heavy atom. The number of rotatable bonds is 2. The average Bonchev–Trinajstić information content (AvgIpc) is 2.82. The van der Waals surface area contributed by atoms with Gasteiger partial charge in [-0.1, -0.05) is 24.3 Å². The predicted molar refractivity (Wildman–Crippen MR) is 71.8 cm³/mol. The molecule has 2 aromatic rings. The lowest BCUT2D eigenvalue weighted by molar-refractivity contribution is -0.142. The quantitative estimate of drug-likeness (QED) is 0.898. The minimum absolute atomic E-state index is 0.286. The lowest BCUT2D eigenvalue weighted by atomic mass is 9.95. The SMILES string of the molecule is Cc1ccccc1-c1ncn2c1CCC(C(=O)O)C2. The average molecular weight is 256 g/mol. The van der Waals surface area contributed by atoms with Crippen LogP contribution in [0.5, 0.6) is 0 Å². The van der Waals surface area contributed by atoms with Crippen LogP contribution in [-0.2, 0) is 17.8 Å².